The first kappa shape index (κ1) is 13.8. The first-order chi connectivity index (χ1) is 6.13. The van der Waals surface area contributed by atoms with Gasteiger partial charge in [-0.15, -0.1) is 24.0 Å². The molecule has 0 saturated carbocycles. The van der Waals surface area contributed by atoms with Crippen LogP contribution in [0, 0.1) is 0 Å². The molecule has 4 nitrogen and oxygen atoms in total. The molecule has 78 valence electrons. The first-order valence-electron chi connectivity index (χ1n) is 3.39. The van der Waals surface area contributed by atoms with Gasteiger partial charge in [-0.05, 0) is 18.2 Å². The van der Waals surface area contributed by atoms with Crippen molar-refractivity contribution in [1.29, 1.82) is 0 Å². The zero-order valence-corrected chi connectivity index (χ0v) is 10.8. The van der Waals surface area contributed by atoms with E-state index in [2.05, 4.69) is 10.4 Å². The van der Waals surface area contributed by atoms with Crippen LogP contribution in [0.3, 0.4) is 0 Å². The molecular weight excluding hydrogens is 338 g/mol. The van der Waals surface area contributed by atoms with E-state index in [-0.39, 0.29) is 29.9 Å². The fourth-order valence-corrected chi connectivity index (χ4v) is 1.06. The summed E-state index contributed by atoms with van der Waals surface area (Å²) >= 11 is 11.5. The lowest BCUT2D eigenvalue weighted by Crippen LogP contribution is -2.36. The number of nitrogens with one attached hydrogen (secondary N) is 1. The monoisotopic (exact) mass is 346 g/mol. The molecule has 0 atom stereocenters. The van der Waals surface area contributed by atoms with E-state index in [0.29, 0.717) is 15.7 Å². The summed E-state index contributed by atoms with van der Waals surface area (Å²) in [5.41, 5.74) is 8.00. The summed E-state index contributed by atoms with van der Waals surface area (Å²) in [6.07, 6.45) is 0. The van der Waals surface area contributed by atoms with Gasteiger partial charge in [-0.25, -0.2) is 10.8 Å². The largest absolute Gasteiger partial charge is 0.369 e. The van der Waals surface area contributed by atoms with E-state index in [4.69, 9.17) is 34.8 Å². The molecule has 0 amide bonds. The summed E-state index contributed by atoms with van der Waals surface area (Å²) in [5, 5.41) is 0.996. The second kappa shape index (κ2) is 6.28. The molecular formula is C7H9Cl2IN4. The Morgan fingerprint density at radius 1 is 1.36 bits per heavy atom. The zero-order valence-electron chi connectivity index (χ0n) is 7.00. The van der Waals surface area contributed by atoms with E-state index >= 15 is 0 Å². The van der Waals surface area contributed by atoms with Gasteiger partial charge >= 0.3 is 0 Å². The molecule has 0 aliphatic heterocycles. The van der Waals surface area contributed by atoms with E-state index < -0.39 is 0 Å². The molecule has 0 radical (unpaired) electrons. The standard InChI is InChI=1S/C7H8Cl2N4.HI/c8-4-1-2-5(9)6(3-4)12-7(10)13-11;/h1-3H,11H2,(H3,10,12,13);1H. The summed E-state index contributed by atoms with van der Waals surface area (Å²) in [4.78, 5) is 3.88. The number of guanidine groups is 1. The summed E-state index contributed by atoms with van der Waals surface area (Å²) < 4.78 is 0. The lowest BCUT2D eigenvalue weighted by Gasteiger charge is -2.01. The van der Waals surface area contributed by atoms with E-state index in [1.807, 2.05) is 0 Å². The van der Waals surface area contributed by atoms with Crippen molar-refractivity contribution >= 4 is 58.8 Å². The van der Waals surface area contributed by atoms with Crippen LogP contribution in [-0.2, 0) is 0 Å². The minimum Gasteiger partial charge on any atom is -0.369 e. The highest BCUT2D eigenvalue weighted by atomic mass is 127. The van der Waals surface area contributed by atoms with Crippen molar-refractivity contribution < 1.29 is 0 Å². The molecule has 1 aromatic rings. The van der Waals surface area contributed by atoms with Gasteiger partial charge in [0, 0.05) is 5.02 Å². The van der Waals surface area contributed by atoms with Crippen molar-refractivity contribution in [2.24, 2.45) is 16.6 Å². The fraction of sp³-hybridized carbons (Fsp3) is 0. The third-order valence-corrected chi connectivity index (χ3v) is 1.85. The quantitative estimate of drug-likeness (QED) is 0.239. The van der Waals surface area contributed by atoms with Gasteiger partial charge in [-0.1, -0.05) is 23.2 Å². The second-order valence-corrected chi connectivity index (χ2v) is 3.08. The molecule has 0 aliphatic rings. The van der Waals surface area contributed by atoms with E-state index in [1.165, 1.54) is 0 Å². The van der Waals surface area contributed by atoms with Crippen molar-refractivity contribution in [3.63, 3.8) is 0 Å². The molecule has 0 spiro atoms. The zero-order chi connectivity index (χ0) is 9.84. The average Bonchev–Trinajstić information content (AvgIpc) is 2.11. The normalized spacial score (nSPS) is 10.6. The van der Waals surface area contributed by atoms with Crippen molar-refractivity contribution in [1.82, 2.24) is 5.43 Å². The van der Waals surface area contributed by atoms with Crippen LogP contribution in [-0.4, -0.2) is 5.96 Å². The molecule has 0 aromatic heterocycles. The highest BCUT2D eigenvalue weighted by molar-refractivity contribution is 14.0. The van der Waals surface area contributed by atoms with Crippen LogP contribution in [0.25, 0.3) is 0 Å². The lowest BCUT2D eigenvalue weighted by atomic mass is 10.3. The molecule has 7 heteroatoms. The van der Waals surface area contributed by atoms with E-state index in [0.717, 1.165) is 0 Å². The number of hydrazine groups is 1. The fourth-order valence-electron chi connectivity index (χ4n) is 0.734. The Balaban J connectivity index is 0.00000169. The SMILES string of the molecule is I.NNC(N)=Nc1cc(Cl)ccc1Cl. The molecule has 0 bridgehead atoms. The minimum atomic E-state index is 0. The van der Waals surface area contributed by atoms with Crippen LogP contribution in [0.4, 0.5) is 5.69 Å². The van der Waals surface area contributed by atoms with Gasteiger partial charge in [0.1, 0.15) is 0 Å². The molecule has 14 heavy (non-hydrogen) atoms. The van der Waals surface area contributed by atoms with Gasteiger partial charge in [0.05, 0.1) is 10.7 Å². The summed E-state index contributed by atoms with van der Waals surface area (Å²) in [5.74, 6) is 5.10. The van der Waals surface area contributed by atoms with Crippen LogP contribution < -0.4 is 17.0 Å². The number of nitrogens with two attached hydrogens (primary N) is 2. The summed E-state index contributed by atoms with van der Waals surface area (Å²) in [7, 11) is 0. The number of hydrogen-bond acceptors (Lipinski definition) is 2. The Kier molecular flexibility index (Phi) is 6.17. The smallest absolute Gasteiger partial charge is 0.208 e. The van der Waals surface area contributed by atoms with Crippen LogP contribution in [0.2, 0.25) is 10.0 Å². The van der Waals surface area contributed by atoms with Crippen LogP contribution in [0.5, 0.6) is 0 Å². The maximum atomic E-state index is 5.81. The predicted molar refractivity (Wildman–Crippen MR) is 70.5 cm³/mol. The van der Waals surface area contributed by atoms with Gasteiger partial charge in [-0.3, -0.25) is 5.43 Å². The molecule has 0 heterocycles. The van der Waals surface area contributed by atoms with Gasteiger partial charge in [0.15, 0.2) is 0 Å². The Morgan fingerprint density at radius 3 is 2.57 bits per heavy atom. The maximum absolute atomic E-state index is 5.81. The van der Waals surface area contributed by atoms with Crippen LogP contribution >= 0.6 is 47.2 Å². The maximum Gasteiger partial charge on any atom is 0.208 e. The Morgan fingerprint density at radius 2 is 2.00 bits per heavy atom. The number of halogens is 3. The summed E-state index contributed by atoms with van der Waals surface area (Å²) in [6.45, 7) is 0. The van der Waals surface area contributed by atoms with Gasteiger partial charge in [0.2, 0.25) is 5.96 Å². The average molecular weight is 347 g/mol. The van der Waals surface area contributed by atoms with E-state index in [1.54, 1.807) is 18.2 Å². The van der Waals surface area contributed by atoms with Crippen molar-refractivity contribution in [2.45, 2.75) is 0 Å². The third kappa shape index (κ3) is 3.87. The number of aliphatic imine (C=N–C) groups is 1. The minimum absolute atomic E-state index is 0. The molecule has 1 aromatic carbocycles. The second-order valence-electron chi connectivity index (χ2n) is 2.24. The van der Waals surface area contributed by atoms with Gasteiger partial charge < -0.3 is 5.73 Å². The molecule has 0 saturated heterocycles. The Bertz CT molecular complexity index is 342. The topological polar surface area (TPSA) is 76.4 Å². The predicted octanol–water partition coefficient (Wildman–Crippen LogP) is 2.02. The van der Waals surface area contributed by atoms with Gasteiger partial charge in [0.25, 0.3) is 0 Å². The number of hydrogen-bond donors (Lipinski definition) is 3. The number of benzene rings is 1. The summed E-state index contributed by atoms with van der Waals surface area (Å²) in [6, 6.07) is 4.88. The van der Waals surface area contributed by atoms with Crippen molar-refractivity contribution in [2.75, 3.05) is 0 Å². The molecule has 5 N–H and O–H groups in total. The molecule has 0 aliphatic carbocycles. The third-order valence-electron chi connectivity index (χ3n) is 1.30. The lowest BCUT2D eigenvalue weighted by molar-refractivity contribution is 1.01. The first-order valence-corrected chi connectivity index (χ1v) is 4.15. The highest BCUT2D eigenvalue weighted by Gasteiger charge is 1.99. The Hall–Kier alpha value is -0.240. The number of nitrogens with zero attached hydrogens (tertiary/aromatic N) is 1. The molecule has 0 unspecified atom stereocenters. The Labute approximate surface area is 109 Å². The van der Waals surface area contributed by atoms with Crippen LogP contribution in [0.15, 0.2) is 23.2 Å². The molecule has 1 rings (SSSR count). The highest BCUT2D eigenvalue weighted by Crippen LogP contribution is 2.27. The van der Waals surface area contributed by atoms with E-state index in [9.17, 15) is 0 Å². The van der Waals surface area contributed by atoms with Crippen LogP contribution in [0.1, 0.15) is 0 Å². The number of rotatable bonds is 1. The molecule has 0 fully saturated rings. The van der Waals surface area contributed by atoms with Crippen molar-refractivity contribution in [3.8, 4) is 0 Å². The van der Waals surface area contributed by atoms with Gasteiger partial charge in [-0.2, -0.15) is 0 Å². The van der Waals surface area contributed by atoms with Crippen molar-refractivity contribution in [3.05, 3.63) is 28.2 Å².